The quantitative estimate of drug-likeness (QED) is 0.752. The topological polar surface area (TPSA) is 59.4 Å². The number of hydrogen-bond donors (Lipinski definition) is 1. The number of hydrogen-bond acceptors (Lipinski definition) is 4. The Balaban J connectivity index is 1.54. The molecule has 1 unspecified atom stereocenters. The lowest BCUT2D eigenvalue weighted by Gasteiger charge is -2.36. The van der Waals surface area contributed by atoms with E-state index >= 15 is 0 Å². The number of fused-ring (bicyclic) bond motifs is 1. The van der Waals surface area contributed by atoms with Crippen molar-refractivity contribution in [3.05, 3.63) is 66.1 Å². The highest BCUT2D eigenvalue weighted by Crippen LogP contribution is 2.33. The number of halogens is 1. The maximum absolute atomic E-state index is 13.2. The van der Waals surface area contributed by atoms with Crippen molar-refractivity contribution in [1.29, 1.82) is 0 Å². The molecule has 28 heavy (non-hydrogen) atoms. The highest BCUT2D eigenvalue weighted by atomic mass is 19.1. The summed E-state index contributed by atoms with van der Waals surface area (Å²) in [5.74, 6) is 0.842. The van der Waals surface area contributed by atoms with Gasteiger partial charge in [-0.2, -0.15) is 5.10 Å². The Morgan fingerprint density at radius 2 is 2.00 bits per heavy atom. The van der Waals surface area contributed by atoms with Crippen molar-refractivity contribution in [2.24, 2.45) is 0 Å². The SMILES string of the molecule is Cc1cc(NC(=O)CN2c3ccccc3OCC2C)n(-c2ccc(F)cc2)n1. The van der Waals surface area contributed by atoms with Crippen molar-refractivity contribution in [3.63, 3.8) is 0 Å². The van der Waals surface area contributed by atoms with Gasteiger partial charge in [-0.1, -0.05) is 12.1 Å². The number of para-hydroxylation sites is 2. The van der Waals surface area contributed by atoms with Crippen LogP contribution in [0.25, 0.3) is 5.69 Å². The van der Waals surface area contributed by atoms with Gasteiger partial charge in [-0.25, -0.2) is 9.07 Å². The zero-order valence-electron chi connectivity index (χ0n) is 15.7. The van der Waals surface area contributed by atoms with Crippen molar-refractivity contribution in [3.8, 4) is 11.4 Å². The molecule has 1 aliphatic heterocycles. The van der Waals surface area contributed by atoms with E-state index in [4.69, 9.17) is 4.74 Å². The van der Waals surface area contributed by atoms with Crippen LogP contribution >= 0.6 is 0 Å². The number of ether oxygens (including phenoxy) is 1. The fraction of sp³-hybridized carbons (Fsp3) is 0.238. The van der Waals surface area contributed by atoms with Gasteiger partial charge in [0.15, 0.2) is 0 Å². The molecule has 3 aromatic rings. The lowest BCUT2D eigenvalue weighted by molar-refractivity contribution is -0.115. The predicted octanol–water partition coefficient (Wildman–Crippen LogP) is 3.55. The number of benzene rings is 2. The minimum atomic E-state index is -0.321. The number of rotatable bonds is 4. The van der Waals surface area contributed by atoms with Crippen molar-refractivity contribution in [2.75, 3.05) is 23.4 Å². The zero-order chi connectivity index (χ0) is 19.7. The van der Waals surface area contributed by atoms with Crippen LogP contribution in [0.4, 0.5) is 15.9 Å². The standard InChI is InChI=1S/C21H21FN4O2/c1-14-11-20(26(24-14)17-9-7-16(22)8-10-17)23-21(27)12-25-15(2)13-28-19-6-4-3-5-18(19)25/h3-11,15H,12-13H2,1-2H3,(H,23,27). The summed E-state index contributed by atoms with van der Waals surface area (Å²) >= 11 is 0. The van der Waals surface area contributed by atoms with Crippen molar-refractivity contribution in [1.82, 2.24) is 9.78 Å². The first kappa shape index (κ1) is 18.0. The molecule has 6 nitrogen and oxygen atoms in total. The van der Waals surface area contributed by atoms with Crippen LogP contribution in [0.5, 0.6) is 5.75 Å². The minimum Gasteiger partial charge on any atom is -0.489 e. The van der Waals surface area contributed by atoms with Gasteiger partial charge in [-0.05, 0) is 50.2 Å². The van der Waals surface area contributed by atoms with Crippen molar-refractivity contribution < 1.29 is 13.9 Å². The molecule has 2 aromatic carbocycles. The summed E-state index contributed by atoms with van der Waals surface area (Å²) in [6.45, 7) is 4.58. The summed E-state index contributed by atoms with van der Waals surface area (Å²) in [5.41, 5.74) is 2.33. The third kappa shape index (κ3) is 3.55. The molecule has 0 saturated heterocycles. The molecule has 0 spiro atoms. The summed E-state index contributed by atoms with van der Waals surface area (Å²) in [5, 5.41) is 7.34. The molecule has 144 valence electrons. The van der Waals surface area contributed by atoms with Gasteiger partial charge in [0.25, 0.3) is 0 Å². The van der Waals surface area contributed by atoms with Crippen LogP contribution in [0.1, 0.15) is 12.6 Å². The van der Waals surface area contributed by atoms with Crippen LogP contribution in [-0.2, 0) is 4.79 Å². The summed E-state index contributed by atoms with van der Waals surface area (Å²) in [6, 6.07) is 15.5. The Labute approximate surface area is 162 Å². The molecule has 1 aromatic heterocycles. The average Bonchev–Trinajstić information content (AvgIpc) is 3.04. The van der Waals surface area contributed by atoms with Gasteiger partial charge in [0, 0.05) is 6.07 Å². The molecule has 0 fully saturated rings. The number of aryl methyl sites for hydroxylation is 1. The van der Waals surface area contributed by atoms with Crippen LogP contribution in [0.2, 0.25) is 0 Å². The summed E-state index contributed by atoms with van der Waals surface area (Å²) in [7, 11) is 0. The fourth-order valence-corrected chi connectivity index (χ4v) is 3.30. The Hall–Kier alpha value is -3.35. The molecule has 4 rings (SSSR count). The van der Waals surface area contributed by atoms with Gasteiger partial charge in [0.05, 0.1) is 29.7 Å². The maximum atomic E-state index is 13.2. The summed E-state index contributed by atoms with van der Waals surface area (Å²) in [6.07, 6.45) is 0. The van der Waals surface area contributed by atoms with E-state index in [0.717, 1.165) is 17.1 Å². The Morgan fingerprint density at radius 3 is 2.79 bits per heavy atom. The molecular formula is C21H21FN4O2. The Kier molecular flexibility index (Phi) is 4.73. The van der Waals surface area contributed by atoms with E-state index in [2.05, 4.69) is 10.4 Å². The monoisotopic (exact) mass is 380 g/mol. The highest BCUT2D eigenvalue weighted by molar-refractivity contribution is 5.94. The zero-order valence-corrected chi connectivity index (χ0v) is 15.7. The lowest BCUT2D eigenvalue weighted by atomic mass is 10.1. The summed E-state index contributed by atoms with van der Waals surface area (Å²) < 4.78 is 20.6. The van der Waals surface area contributed by atoms with E-state index in [0.29, 0.717) is 18.1 Å². The number of amides is 1. The van der Waals surface area contributed by atoms with Crippen molar-refractivity contribution >= 4 is 17.4 Å². The Morgan fingerprint density at radius 1 is 1.25 bits per heavy atom. The molecule has 0 radical (unpaired) electrons. The third-order valence-electron chi connectivity index (χ3n) is 4.67. The van der Waals surface area contributed by atoms with E-state index in [-0.39, 0.29) is 24.3 Å². The second-order valence-corrected chi connectivity index (χ2v) is 6.86. The molecule has 7 heteroatoms. The smallest absolute Gasteiger partial charge is 0.245 e. The van der Waals surface area contributed by atoms with Gasteiger partial charge in [-0.15, -0.1) is 0 Å². The molecule has 1 aliphatic rings. The van der Waals surface area contributed by atoms with Gasteiger partial charge in [-0.3, -0.25) is 4.79 Å². The first-order chi connectivity index (χ1) is 13.5. The summed E-state index contributed by atoms with van der Waals surface area (Å²) in [4.78, 5) is 14.8. The van der Waals surface area contributed by atoms with E-state index in [1.54, 1.807) is 22.9 Å². The van der Waals surface area contributed by atoms with E-state index < -0.39 is 0 Å². The van der Waals surface area contributed by atoms with E-state index in [9.17, 15) is 9.18 Å². The lowest BCUT2D eigenvalue weighted by Crippen LogP contribution is -2.45. The van der Waals surface area contributed by atoms with Crippen LogP contribution in [-0.4, -0.2) is 34.9 Å². The van der Waals surface area contributed by atoms with Gasteiger partial charge in [0.2, 0.25) is 5.91 Å². The van der Waals surface area contributed by atoms with E-state index in [1.807, 2.05) is 43.0 Å². The van der Waals surface area contributed by atoms with Gasteiger partial charge in [0.1, 0.15) is 24.0 Å². The van der Waals surface area contributed by atoms with Crippen LogP contribution < -0.4 is 15.0 Å². The normalized spacial score (nSPS) is 15.7. The van der Waals surface area contributed by atoms with E-state index in [1.165, 1.54) is 12.1 Å². The minimum absolute atomic E-state index is 0.0735. The van der Waals surface area contributed by atoms with Crippen molar-refractivity contribution in [2.45, 2.75) is 19.9 Å². The second kappa shape index (κ2) is 7.34. The fourth-order valence-electron chi connectivity index (χ4n) is 3.30. The van der Waals surface area contributed by atoms with Crippen LogP contribution in [0.15, 0.2) is 54.6 Å². The third-order valence-corrected chi connectivity index (χ3v) is 4.67. The number of aromatic nitrogens is 2. The number of anilines is 2. The highest BCUT2D eigenvalue weighted by Gasteiger charge is 2.26. The maximum Gasteiger partial charge on any atom is 0.245 e. The molecule has 0 aliphatic carbocycles. The predicted molar refractivity (Wildman–Crippen MR) is 106 cm³/mol. The number of carbonyl (C=O) groups is 1. The number of nitrogens with one attached hydrogen (secondary N) is 1. The van der Waals surface area contributed by atoms with Gasteiger partial charge < -0.3 is 15.0 Å². The molecule has 1 atom stereocenters. The largest absolute Gasteiger partial charge is 0.489 e. The number of carbonyl (C=O) groups excluding carboxylic acids is 1. The molecular weight excluding hydrogens is 359 g/mol. The molecule has 1 N–H and O–H groups in total. The van der Waals surface area contributed by atoms with Crippen LogP contribution in [0.3, 0.4) is 0 Å². The average molecular weight is 380 g/mol. The second-order valence-electron chi connectivity index (χ2n) is 6.86. The molecule has 1 amide bonds. The molecule has 2 heterocycles. The first-order valence-corrected chi connectivity index (χ1v) is 9.12. The van der Waals surface area contributed by atoms with Crippen LogP contribution in [0, 0.1) is 12.7 Å². The Bertz CT molecular complexity index is 1000. The van der Waals surface area contributed by atoms with Gasteiger partial charge >= 0.3 is 0 Å². The first-order valence-electron chi connectivity index (χ1n) is 9.12. The molecule has 0 bridgehead atoms. The molecule has 0 saturated carbocycles. The number of nitrogens with zero attached hydrogens (tertiary/aromatic N) is 3.